The summed E-state index contributed by atoms with van der Waals surface area (Å²) in [5, 5.41) is 22.6. The Morgan fingerprint density at radius 2 is 2.07 bits per heavy atom. The van der Waals surface area contributed by atoms with Crippen LogP contribution in [0, 0.1) is 5.41 Å². The molecule has 1 aliphatic heterocycles. The number of carboxylic acids is 1. The number of nitrogens with one attached hydrogen (secondary N) is 1. The number of carboxylic acid groups (broad SMARTS) is 1. The van der Waals surface area contributed by atoms with Gasteiger partial charge in [-0.15, -0.1) is 0 Å². The van der Waals surface area contributed by atoms with Crippen LogP contribution >= 0.6 is 0 Å². The summed E-state index contributed by atoms with van der Waals surface area (Å²) in [5.74, 6) is -0.784. The lowest BCUT2D eigenvalue weighted by molar-refractivity contribution is -0.152. The fourth-order valence-corrected chi connectivity index (χ4v) is 2.28. The van der Waals surface area contributed by atoms with Crippen LogP contribution in [0.2, 0.25) is 0 Å². The summed E-state index contributed by atoms with van der Waals surface area (Å²) >= 11 is 0. The first-order valence-electron chi connectivity index (χ1n) is 5.64. The molecule has 88 valence electrons. The molecule has 0 aromatic rings. The van der Waals surface area contributed by atoms with Crippen LogP contribution in [-0.2, 0) is 4.79 Å². The Balaban J connectivity index is 2.79. The molecule has 0 saturated carbocycles. The quantitative estimate of drug-likeness (QED) is 0.639. The van der Waals surface area contributed by atoms with Crippen LogP contribution in [-0.4, -0.2) is 34.9 Å². The van der Waals surface area contributed by atoms with Crippen molar-refractivity contribution in [3.05, 3.63) is 0 Å². The van der Waals surface area contributed by atoms with Crippen LogP contribution in [0.3, 0.4) is 0 Å². The maximum Gasteiger partial charge on any atom is 0.311 e. The summed E-state index contributed by atoms with van der Waals surface area (Å²) in [7, 11) is 0. The van der Waals surface area contributed by atoms with Crippen molar-refractivity contribution >= 4 is 5.97 Å². The Hall–Kier alpha value is -0.610. The molecule has 0 aromatic heterocycles. The molecule has 0 aromatic carbocycles. The Morgan fingerprint density at radius 1 is 1.47 bits per heavy atom. The second-order valence-corrected chi connectivity index (χ2v) is 4.62. The molecule has 1 rings (SSSR count). The topological polar surface area (TPSA) is 69.6 Å². The molecule has 1 atom stereocenters. The second-order valence-electron chi connectivity index (χ2n) is 4.62. The molecule has 0 radical (unpaired) electrons. The molecular weight excluding hydrogens is 194 g/mol. The van der Waals surface area contributed by atoms with Gasteiger partial charge in [-0.2, -0.15) is 0 Å². The van der Waals surface area contributed by atoms with E-state index < -0.39 is 17.0 Å². The first-order chi connectivity index (χ1) is 6.98. The minimum Gasteiger partial charge on any atom is -0.481 e. The van der Waals surface area contributed by atoms with Crippen LogP contribution < -0.4 is 5.32 Å². The van der Waals surface area contributed by atoms with Gasteiger partial charge < -0.3 is 15.5 Å². The van der Waals surface area contributed by atoms with E-state index in [1.165, 1.54) is 0 Å². The molecule has 0 bridgehead atoms. The van der Waals surface area contributed by atoms with Gasteiger partial charge in [0.25, 0.3) is 0 Å². The molecule has 1 heterocycles. The highest BCUT2D eigenvalue weighted by Gasteiger charge is 2.46. The van der Waals surface area contributed by atoms with Crippen molar-refractivity contribution in [2.24, 2.45) is 5.41 Å². The Morgan fingerprint density at radius 3 is 2.40 bits per heavy atom. The average Bonchev–Trinajstić information content (AvgIpc) is 2.67. The fraction of sp³-hybridized carbons (Fsp3) is 0.909. The summed E-state index contributed by atoms with van der Waals surface area (Å²) in [6.45, 7) is 5.02. The van der Waals surface area contributed by atoms with E-state index in [9.17, 15) is 15.0 Å². The Kier molecular flexibility index (Phi) is 3.73. The average molecular weight is 215 g/mol. The summed E-state index contributed by atoms with van der Waals surface area (Å²) < 4.78 is 0. The van der Waals surface area contributed by atoms with E-state index in [0.29, 0.717) is 32.2 Å². The smallest absolute Gasteiger partial charge is 0.311 e. The van der Waals surface area contributed by atoms with Crippen LogP contribution in [0.25, 0.3) is 0 Å². The van der Waals surface area contributed by atoms with Gasteiger partial charge in [0, 0.05) is 6.54 Å². The maximum atomic E-state index is 11.3. The number of aliphatic carboxylic acids is 1. The largest absolute Gasteiger partial charge is 0.481 e. The normalized spacial score (nSPS) is 26.9. The third-order valence-electron chi connectivity index (χ3n) is 3.68. The number of carbonyl (C=O) groups is 1. The molecular formula is C11H21NO3. The summed E-state index contributed by atoms with van der Waals surface area (Å²) in [6, 6.07) is 0. The number of aliphatic hydroxyl groups is 1. The summed E-state index contributed by atoms with van der Waals surface area (Å²) in [6.07, 6.45) is 2.19. The summed E-state index contributed by atoms with van der Waals surface area (Å²) in [4.78, 5) is 11.3. The Bertz CT molecular complexity index is 230. The molecule has 3 N–H and O–H groups in total. The molecule has 1 unspecified atom stereocenters. The van der Waals surface area contributed by atoms with E-state index in [1.807, 2.05) is 13.8 Å². The Labute approximate surface area is 90.7 Å². The highest BCUT2D eigenvalue weighted by atomic mass is 16.4. The van der Waals surface area contributed by atoms with Crippen LogP contribution in [0.5, 0.6) is 0 Å². The SMILES string of the molecule is CCC(O)(CC)CC1(C(=O)O)CCNC1. The van der Waals surface area contributed by atoms with Crippen molar-refractivity contribution in [3.8, 4) is 0 Å². The molecule has 1 fully saturated rings. The predicted molar refractivity (Wildman–Crippen MR) is 57.7 cm³/mol. The van der Waals surface area contributed by atoms with Gasteiger partial charge in [-0.05, 0) is 32.2 Å². The molecule has 4 heteroatoms. The zero-order valence-corrected chi connectivity index (χ0v) is 9.55. The first-order valence-corrected chi connectivity index (χ1v) is 5.64. The van der Waals surface area contributed by atoms with Gasteiger partial charge in [0.1, 0.15) is 0 Å². The van der Waals surface area contributed by atoms with Crippen molar-refractivity contribution in [1.29, 1.82) is 0 Å². The first kappa shape index (κ1) is 12.5. The van der Waals surface area contributed by atoms with Gasteiger partial charge in [-0.1, -0.05) is 13.8 Å². The predicted octanol–water partition coefficient (Wildman–Crippen LogP) is 0.992. The van der Waals surface area contributed by atoms with Gasteiger partial charge >= 0.3 is 5.97 Å². The lowest BCUT2D eigenvalue weighted by atomic mass is 9.74. The van der Waals surface area contributed by atoms with E-state index >= 15 is 0 Å². The van der Waals surface area contributed by atoms with Crippen molar-refractivity contribution < 1.29 is 15.0 Å². The fourth-order valence-electron chi connectivity index (χ4n) is 2.28. The molecule has 1 aliphatic rings. The van der Waals surface area contributed by atoms with Crippen LogP contribution in [0.1, 0.15) is 39.5 Å². The molecule has 0 amide bonds. The zero-order valence-electron chi connectivity index (χ0n) is 9.55. The van der Waals surface area contributed by atoms with E-state index in [1.54, 1.807) is 0 Å². The minimum absolute atomic E-state index is 0.356. The van der Waals surface area contributed by atoms with Crippen LogP contribution in [0.4, 0.5) is 0 Å². The molecule has 0 spiro atoms. The standard InChI is InChI=1S/C11H21NO3/c1-3-11(15,4-2)7-10(9(13)14)5-6-12-8-10/h12,15H,3-8H2,1-2H3,(H,13,14). The highest BCUT2D eigenvalue weighted by molar-refractivity contribution is 5.75. The third kappa shape index (κ3) is 2.49. The van der Waals surface area contributed by atoms with Crippen molar-refractivity contribution in [2.75, 3.05) is 13.1 Å². The molecule has 15 heavy (non-hydrogen) atoms. The van der Waals surface area contributed by atoms with Gasteiger partial charge in [-0.3, -0.25) is 4.79 Å². The molecule has 1 saturated heterocycles. The summed E-state index contributed by atoms with van der Waals surface area (Å²) in [5.41, 5.74) is -1.59. The van der Waals surface area contributed by atoms with Gasteiger partial charge in [0.15, 0.2) is 0 Å². The van der Waals surface area contributed by atoms with E-state index in [4.69, 9.17) is 0 Å². The van der Waals surface area contributed by atoms with E-state index in [0.717, 1.165) is 6.54 Å². The minimum atomic E-state index is -0.829. The van der Waals surface area contributed by atoms with Crippen molar-refractivity contribution in [1.82, 2.24) is 5.32 Å². The van der Waals surface area contributed by atoms with Gasteiger partial charge in [-0.25, -0.2) is 0 Å². The maximum absolute atomic E-state index is 11.3. The monoisotopic (exact) mass is 215 g/mol. The van der Waals surface area contributed by atoms with E-state index in [-0.39, 0.29) is 0 Å². The molecule has 4 nitrogen and oxygen atoms in total. The highest BCUT2D eigenvalue weighted by Crippen LogP contribution is 2.37. The number of hydrogen-bond acceptors (Lipinski definition) is 3. The van der Waals surface area contributed by atoms with Crippen molar-refractivity contribution in [3.63, 3.8) is 0 Å². The lowest BCUT2D eigenvalue weighted by Gasteiger charge is -2.34. The van der Waals surface area contributed by atoms with Gasteiger partial charge in [0.05, 0.1) is 11.0 Å². The molecule has 0 aliphatic carbocycles. The number of hydrogen-bond donors (Lipinski definition) is 3. The van der Waals surface area contributed by atoms with Crippen LogP contribution in [0.15, 0.2) is 0 Å². The number of rotatable bonds is 5. The van der Waals surface area contributed by atoms with Gasteiger partial charge in [0.2, 0.25) is 0 Å². The second kappa shape index (κ2) is 4.49. The van der Waals surface area contributed by atoms with Crippen molar-refractivity contribution in [2.45, 2.75) is 45.1 Å². The van der Waals surface area contributed by atoms with E-state index in [2.05, 4.69) is 5.32 Å². The third-order valence-corrected chi connectivity index (χ3v) is 3.68. The zero-order chi connectivity index (χ0) is 11.5. The lowest BCUT2D eigenvalue weighted by Crippen LogP contribution is -2.42.